The largest absolute Gasteiger partial charge is 0.351 e. The summed E-state index contributed by atoms with van der Waals surface area (Å²) in [7, 11) is 0. The molecule has 1 unspecified atom stereocenters. The summed E-state index contributed by atoms with van der Waals surface area (Å²) in [6.07, 6.45) is 0.706. The number of halogens is 1. The van der Waals surface area contributed by atoms with Crippen LogP contribution in [0.5, 0.6) is 0 Å². The second-order valence-corrected chi connectivity index (χ2v) is 5.85. The molecule has 1 rings (SSSR count). The summed E-state index contributed by atoms with van der Waals surface area (Å²) in [5.41, 5.74) is 2.14. The van der Waals surface area contributed by atoms with Crippen molar-refractivity contribution < 1.29 is 4.79 Å². The molecule has 1 amide bonds. The minimum Gasteiger partial charge on any atom is -0.351 e. The predicted molar refractivity (Wildman–Crippen MR) is 76.0 cm³/mol. The number of nitrogens with one attached hydrogen (secondary N) is 1. The van der Waals surface area contributed by atoms with Crippen LogP contribution in [0.15, 0.2) is 6.07 Å². The Balaban J connectivity index is 2.75. The quantitative estimate of drug-likeness (QED) is 0.850. The minimum absolute atomic E-state index is 0.0741. The lowest BCUT2D eigenvalue weighted by molar-refractivity contribution is 0.0951. The molecule has 0 saturated carbocycles. The fourth-order valence-corrected chi connectivity index (χ4v) is 1.65. The topological polar surface area (TPSA) is 54.9 Å². The van der Waals surface area contributed by atoms with Crippen LogP contribution in [0.3, 0.4) is 0 Å². The van der Waals surface area contributed by atoms with E-state index in [1.54, 1.807) is 6.07 Å². The molecule has 4 nitrogen and oxygen atoms in total. The molecule has 1 heterocycles. The van der Waals surface area contributed by atoms with Crippen molar-refractivity contribution in [2.75, 3.05) is 6.54 Å². The van der Waals surface area contributed by atoms with E-state index in [2.05, 4.69) is 45.3 Å². The van der Waals surface area contributed by atoms with Crippen LogP contribution < -0.4 is 5.32 Å². The van der Waals surface area contributed by atoms with E-state index in [4.69, 9.17) is 0 Å². The first-order chi connectivity index (χ1) is 8.45. The highest BCUT2D eigenvalue weighted by atomic mass is 79.9. The molecule has 0 saturated heterocycles. The Hall–Kier alpha value is -0.970. The Bertz CT molecular complexity index is 421. The number of nitrogens with zero attached hydrogens (tertiary/aromatic N) is 2. The molecule has 1 N–H and O–H groups in total. The maximum Gasteiger partial charge on any atom is 0.253 e. The highest BCUT2D eigenvalue weighted by molar-refractivity contribution is 9.09. The molecule has 0 fully saturated rings. The molecule has 5 heteroatoms. The van der Waals surface area contributed by atoms with Crippen molar-refractivity contribution >= 4 is 21.8 Å². The van der Waals surface area contributed by atoms with Crippen LogP contribution in [-0.4, -0.2) is 27.5 Å². The standard InChI is InChI=1S/C13H20BrN3O/c1-5-12-10(6-9(4)16-17-12)13(18)15-7-11(14)8(2)3/h6,8,11H,5,7H2,1-4H3,(H,15,18). The SMILES string of the molecule is CCc1nnc(C)cc1C(=O)NCC(Br)C(C)C. The van der Waals surface area contributed by atoms with Gasteiger partial charge in [0.15, 0.2) is 0 Å². The third-order valence-electron chi connectivity index (χ3n) is 2.75. The lowest BCUT2D eigenvalue weighted by atomic mass is 10.1. The first kappa shape index (κ1) is 15.1. The summed E-state index contributed by atoms with van der Waals surface area (Å²) >= 11 is 3.55. The fourth-order valence-electron chi connectivity index (χ4n) is 1.49. The summed E-state index contributed by atoms with van der Waals surface area (Å²) in [6, 6.07) is 1.79. The number of hydrogen-bond acceptors (Lipinski definition) is 3. The lowest BCUT2D eigenvalue weighted by Crippen LogP contribution is -2.32. The highest BCUT2D eigenvalue weighted by Crippen LogP contribution is 2.12. The van der Waals surface area contributed by atoms with Gasteiger partial charge in [-0.2, -0.15) is 10.2 Å². The van der Waals surface area contributed by atoms with E-state index in [0.29, 0.717) is 24.4 Å². The van der Waals surface area contributed by atoms with E-state index < -0.39 is 0 Å². The average molecular weight is 314 g/mol. The van der Waals surface area contributed by atoms with Gasteiger partial charge in [-0.05, 0) is 25.3 Å². The van der Waals surface area contributed by atoms with Gasteiger partial charge in [-0.25, -0.2) is 0 Å². The van der Waals surface area contributed by atoms with E-state index in [1.165, 1.54) is 0 Å². The van der Waals surface area contributed by atoms with Gasteiger partial charge >= 0.3 is 0 Å². The van der Waals surface area contributed by atoms with Gasteiger partial charge in [0.05, 0.1) is 17.0 Å². The Morgan fingerprint density at radius 2 is 2.11 bits per heavy atom. The van der Waals surface area contributed by atoms with Gasteiger partial charge in [0.1, 0.15) is 0 Å². The summed E-state index contributed by atoms with van der Waals surface area (Å²) in [6.45, 7) is 8.64. The van der Waals surface area contributed by atoms with Crippen LogP contribution in [0.4, 0.5) is 0 Å². The molecule has 0 aliphatic rings. The number of alkyl halides is 1. The second-order valence-electron chi connectivity index (χ2n) is 4.67. The predicted octanol–water partition coefficient (Wildman–Crippen LogP) is 2.50. The van der Waals surface area contributed by atoms with Crippen LogP contribution >= 0.6 is 15.9 Å². The van der Waals surface area contributed by atoms with E-state index in [0.717, 1.165) is 11.4 Å². The minimum atomic E-state index is -0.0741. The van der Waals surface area contributed by atoms with Gasteiger partial charge in [-0.3, -0.25) is 4.79 Å². The monoisotopic (exact) mass is 313 g/mol. The molecule has 0 aliphatic carbocycles. The maximum atomic E-state index is 12.1. The van der Waals surface area contributed by atoms with Crippen molar-refractivity contribution in [2.45, 2.75) is 38.9 Å². The van der Waals surface area contributed by atoms with E-state index in [9.17, 15) is 4.79 Å². The van der Waals surface area contributed by atoms with Gasteiger partial charge in [0.25, 0.3) is 5.91 Å². The summed E-state index contributed by atoms with van der Waals surface area (Å²) in [5, 5.41) is 11.0. The fraction of sp³-hybridized carbons (Fsp3) is 0.615. The third-order valence-corrected chi connectivity index (χ3v) is 4.13. The number of hydrogen-bond donors (Lipinski definition) is 1. The van der Waals surface area contributed by atoms with Crippen molar-refractivity contribution in [1.29, 1.82) is 0 Å². The zero-order valence-electron chi connectivity index (χ0n) is 11.3. The molecule has 18 heavy (non-hydrogen) atoms. The van der Waals surface area contributed by atoms with Gasteiger partial charge in [0.2, 0.25) is 0 Å². The first-order valence-electron chi connectivity index (χ1n) is 6.21. The number of aryl methyl sites for hydroxylation is 2. The van der Waals surface area contributed by atoms with Crippen molar-refractivity contribution in [1.82, 2.24) is 15.5 Å². The molecule has 1 atom stereocenters. The van der Waals surface area contributed by atoms with Crippen molar-refractivity contribution in [2.24, 2.45) is 5.92 Å². The number of aromatic nitrogens is 2. The average Bonchev–Trinajstić information content (AvgIpc) is 2.35. The normalized spacial score (nSPS) is 12.6. The van der Waals surface area contributed by atoms with Gasteiger partial charge in [-0.15, -0.1) is 0 Å². The molecule has 1 aromatic heterocycles. The van der Waals surface area contributed by atoms with Crippen molar-refractivity contribution in [3.8, 4) is 0 Å². The molecule has 0 radical (unpaired) electrons. The van der Waals surface area contributed by atoms with Crippen molar-refractivity contribution in [3.05, 3.63) is 23.0 Å². The van der Waals surface area contributed by atoms with E-state index in [-0.39, 0.29) is 10.7 Å². The van der Waals surface area contributed by atoms with Crippen LogP contribution in [-0.2, 0) is 6.42 Å². The van der Waals surface area contributed by atoms with E-state index >= 15 is 0 Å². The van der Waals surface area contributed by atoms with Crippen LogP contribution in [0.2, 0.25) is 0 Å². The Kier molecular flexibility index (Phi) is 5.72. The molecular weight excluding hydrogens is 294 g/mol. The lowest BCUT2D eigenvalue weighted by Gasteiger charge is -2.15. The summed E-state index contributed by atoms with van der Waals surface area (Å²) in [5.74, 6) is 0.406. The second kappa shape index (κ2) is 6.83. The smallest absolute Gasteiger partial charge is 0.253 e. The number of carbonyl (C=O) groups excluding carboxylic acids is 1. The summed E-state index contributed by atoms with van der Waals surface area (Å²) < 4.78 is 0. The number of carbonyl (C=O) groups is 1. The first-order valence-corrected chi connectivity index (χ1v) is 7.12. The molecule has 0 aromatic carbocycles. The Morgan fingerprint density at radius 3 is 2.67 bits per heavy atom. The molecule has 0 aliphatic heterocycles. The summed E-state index contributed by atoms with van der Waals surface area (Å²) in [4.78, 5) is 12.4. The maximum absolute atomic E-state index is 12.1. The Morgan fingerprint density at radius 1 is 1.44 bits per heavy atom. The zero-order valence-corrected chi connectivity index (χ0v) is 12.9. The van der Waals surface area contributed by atoms with Gasteiger partial charge < -0.3 is 5.32 Å². The van der Waals surface area contributed by atoms with Gasteiger partial charge in [0, 0.05) is 11.4 Å². The van der Waals surface area contributed by atoms with Crippen molar-refractivity contribution in [3.63, 3.8) is 0 Å². The van der Waals surface area contributed by atoms with Crippen LogP contribution in [0.25, 0.3) is 0 Å². The van der Waals surface area contributed by atoms with Crippen LogP contribution in [0, 0.1) is 12.8 Å². The number of amides is 1. The number of rotatable bonds is 5. The Labute approximate surface area is 117 Å². The van der Waals surface area contributed by atoms with Crippen LogP contribution in [0.1, 0.15) is 42.5 Å². The molecule has 0 spiro atoms. The molecule has 1 aromatic rings. The third kappa shape index (κ3) is 4.05. The highest BCUT2D eigenvalue weighted by Gasteiger charge is 2.15. The van der Waals surface area contributed by atoms with E-state index in [1.807, 2.05) is 13.8 Å². The molecule has 0 bridgehead atoms. The van der Waals surface area contributed by atoms with Gasteiger partial charge in [-0.1, -0.05) is 36.7 Å². The molecule has 100 valence electrons. The molecular formula is C13H20BrN3O. The zero-order chi connectivity index (χ0) is 13.7.